The number of halogens is 2. The minimum atomic E-state index is -0.199. The van der Waals surface area contributed by atoms with Gasteiger partial charge in [0.05, 0.1) is 23.6 Å². The molecule has 0 unspecified atom stereocenters. The van der Waals surface area contributed by atoms with Crippen LogP contribution in [-0.2, 0) is 12.0 Å². The number of hydrogen-bond acceptors (Lipinski definition) is 4. The van der Waals surface area contributed by atoms with Gasteiger partial charge in [0.25, 0.3) is 0 Å². The van der Waals surface area contributed by atoms with Crippen LogP contribution in [0.2, 0.25) is 10.2 Å². The maximum atomic E-state index is 6.25. The molecule has 114 valence electrons. The fraction of sp³-hybridized carbons (Fsp3) is 0.333. The molecule has 0 aromatic carbocycles. The minimum Gasteiger partial charge on any atom is -0.309 e. The summed E-state index contributed by atoms with van der Waals surface area (Å²) in [5, 5.41) is 0.973. The van der Waals surface area contributed by atoms with E-state index in [9.17, 15) is 0 Å². The molecule has 3 heterocycles. The topological polar surface area (TPSA) is 56.5 Å². The van der Waals surface area contributed by atoms with E-state index < -0.39 is 0 Å². The Labute approximate surface area is 138 Å². The molecule has 0 aliphatic rings. The predicted molar refractivity (Wildman–Crippen MR) is 87.4 cm³/mol. The summed E-state index contributed by atoms with van der Waals surface area (Å²) in [4.78, 5) is 17.6. The largest absolute Gasteiger partial charge is 0.309 e. The number of imidazole rings is 1. The zero-order chi connectivity index (χ0) is 15.9. The molecule has 0 amide bonds. The Hall–Kier alpha value is -1.72. The van der Waals surface area contributed by atoms with Crippen molar-refractivity contribution in [3.63, 3.8) is 0 Å². The van der Waals surface area contributed by atoms with Crippen molar-refractivity contribution in [1.29, 1.82) is 0 Å². The average molecular weight is 336 g/mol. The molecule has 0 bridgehead atoms. The number of fused-ring (bicyclic) bond motifs is 1. The molecule has 7 heteroatoms. The van der Waals surface area contributed by atoms with Crippen LogP contribution in [0.1, 0.15) is 32.3 Å². The van der Waals surface area contributed by atoms with Gasteiger partial charge in [-0.2, -0.15) is 0 Å². The van der Waals surface area contributed by atoms with E-state index in [0.717, 1.165) is 5.69 Å². The van der Waals surface area contributed by atoms with E-state index in [1.807, 2.05) is 31.4 Å². The first-order valence-electron chi connectivity index (χ1n) is 6.84. The van der Waals surface area contributed by atoms with Crippen LogP contribution in [0.3, 0.4) is 0 Å². The normalized spacial score (nSPS) is 12.0. The highest BCUT2D eigenvalue weighted by Crippen LogP contribution is 2.26. The summed E-state index contributed by atoms with van der Waals surface area (Å²) in [5.74, 6) is 0.680. The highest BCUT2D eigenvalue weighted by Gasteiger charge is 2.21. The molecule has 0 radical (unpaired) electrons. The second-order valence-electron chi connectivity index (χ2n) is 6.06. The summed E-state index contributed by atoms with van der Waals surface area (Å²) in [6.45, 7) is 6.61. The Kier molecular flexibility index (Phi) is 3.78. The molecule has 3 rings (SSSR count). The molecular formula is C15H15Cl2N5. The number of aromatic nitrogens is 5. The lowest BCUT2D eigenvalue weighted by atomic mass is 9.96. The molecule has 0 atom stereocenters. The Morgan fingerprint density at radius 2 is 1.91 bits per heavy atom. The van der Waals surface area contributed by atoms with Crippen LogP contribution < -0.4 is 0 Å². The second-order valence-corrected chi connectivity index (χ2v) is 6.83. The maximum Gasteiger partial charge on any atom is 0.165 e. The Bertz CT molecular complexity index is 836. The van der Waals surface area contributed by atoms with Gasteiger partial charge in [-0.15, -0.1) is 0 Å². The van der Waals surface area contributed by atoms with Gasteiger partial charge in [-0.25, -0.2) is 15.0 Å². The first kappa shape index (κ1) is 15.2. The molecule has 5 nitrogen and oxygen atoms in total. The smallest absolute Gasteiger partial charge is 0.165 e. The summed E-state index contributed by atoms with van der Waals surface area (Å²) in [5.41, 5.74) is 1.83. The Balaban J connectivity index is 2.11. The summed E-state index contributed by atoms with van der Waals surface area (Å²) >= 11 is 12.4. The van der Waals surface area contributed by atoms with Crippen molar-refractivity contribution >= 4 is 34.4 Å². The van der Waals surface area contributed by atoms with Crippen molar-refractivity contribution < 1.29 is 0 Å². The van der Waals surface area contributed by atoms with Gasteiger partial charge in [-0.3, -0.25) is 4.98 Å². The van der Waals surface area contributed by atoms with Gasteiger partial charge in [0.15, 0.2) is 10.8 Å². The Morgan fingerprint density at radius 1 is 1.14 bits per heavy atom. The molecule has 3 aromatic heterocycles. The fourth-order valence-corrected chi connectivity index (χ4v) is 2.45. The van der Waals surface area contributed by atoms with Crippen LogP contribution >= 0.6 is 23.2 Å². The lowest BCUT2D eigenvalue weighted by Crippen LogP contribution is -2.17. The molecule has 22 heavy (non-hydrogen) atoms. The summed E-state index contributed by atoms with van der Waals surface area (Å²) < 4.78 is 1.88. The van der Waals surface area contributed by atoms with Crippen molar-refractivity contribution in [1.82, 2.24) is 24.5 Å². The molecule has 0 aliphatic heterocycles. The molecule has 0 spiro atoms. The highest BCUT2D eigenvalue weighted by atomic mass is 35.5. The SMILES string of the molecule is CC(C)(C)c1nc(Cl)c2ncn(Cc3ncccc3Cl)c2n1. The van der Waals surface area contributed by atoms with E-state index in [4.69, 9.17) is 23.2 Å². The van der Waals surface area contributed by atoms with Gasteiger partial charge in [-0.1, -0.05) is 44.0 Å². The number of hydrogen-bond donors (Lipinski definition) is 0. The minimum absolute atomic E-state index is 0.199. The lowest BCUT2D eigenvalue weighted by molar-refractivity contribution is 0.546. The zero-order valence-corrected chi connectivity index (χ0v) is 14.0. The molecule has 0 N–H and O–H groups in total. The van der Waals surface area contributed by atoms with Gasteiger partial charge < -0.3 is 4.57 Å². The third-order valence-corrected chi connectivity index (χ3v) is 3.85. The summed E-state index contributed by atoms with van der Waals surface area (Å²) in [6, 6.07) is 3.61. The second kappa shape index (κ2) is 5.48. The standard InChI is InChI=1S/C15H15Cl2N5/c1-15(2,3)14-20-12(17)11-13(21-14)22(8-19-11)7-10-9(16)5-4-6-18-10/h4-6,8H,7H2,1-3H3. The third-order valence-electron chi connectivity index (χ3n) is 3.25. The van der Waals surface area contributed by atoms with E-state index in [1.165, 1.54) is 0 Å². The van der Waals surface area contributed by atoms with Crippen molar-refractivity contribution in [2.45, 2.75) is 32.7 Å². The third kappa shape index (κ3) is 2.78. The first-order chi connectivity index (χ1) is 10.4. The molecule has 0 saturated carbocycles. The molecule has 3 aromatic rings. The van der Waals surface area contributed by atoms with Crippen molar-refractivity contribution in [3.8, 4) is 0 Å². The van der Waals surface area contributed by atoms with Gasteiger partial charge in [0.2, 0.25) is 0 Å². The van der Waals surface area contributed by atoms with Gasteiger partial charge in [0.1, 0.15) is 11.3 Å². The number of nitrogens with zero attached hydrogens (tertiary/aromatic N) is 5. The maximum absolute atomic E-state index is 6.25. The predicted octanol–water partition coefficient (Wildman–Crippen LogP) is 3.87. The molecule has 0 fully saturated rings. The van der Waals surface area contributed by atoms with Crippen molar-refractivity contribution in [2.75, 3.05) is 0 Å². The molecular weight excluding hydrogens is 321 g/mol. The van der Waals surface area contributed by atoms with E-state index in [1.54, 1.807) is 18.6 Å². The lowest BCUT2D eigenvalue weighted by Gasteiger charge is -2.16. The van der Waals surface area contributed by atoms with Crippen LogP contribution in [0.15, 0.2) is 24.7 Å². The highest BCUT2D eigenvalue weighted by molar-refractivity contribution is 6.33. The van der Waals surface area contributed by atoms with Crippen LogP contribution in [0, 0.1) is 0 Å². The van der Waals surface area contributed by atoms with Gasteiger partial charge >= 0.3 is 0 Å². The molecule has 0 saturated heterocycles. The monoisotopic (exact) mass is 335 g/mol. The number of pyridine rings is 1. The van der Waals surface area contributed by atoms with E-state index in [0.29, 0.717) is 33.7 Å². The summed E-state index contributed by atoms with van der Waals surface area (Å²) in [6.07, 6.45) is 3.39. The quantitative estimate of drug-likeness (QED) is 0.667. The van der Waals surface area contributed by atoms with Gasteiger partial charge in [-0.05, 0) is 12.1 Å². The van der Waals surface area contributed by atoms with Crippen LogP contribution in [0.5, 0.6) is 0 Å². The van der Waals surface area contributed by atoms with Gasteiger partial charge in [0, 0.05) is 11.6 Å². The van der Waals surface area contributed by atoms with E-state index in [2.05, 4.69) is 19.9 Å². The number of rotatable bonds is 2. The summed E-state index contributed by atoms with van der Waals surface area (Å²) in [7, 11) is 0. The van der Waals surface area contributed by atoms with Crippen LogP contribution in [0.25, 0.3) is 11.2 Å². The zero-order valence-electron chi connectivity index (χ0n) is 12.5. The first-order valence-corrected chi connectivity index (χ1v) is 7.60. The van der Waals surface area contributed by atoms with Crippen LogP contribution in [-0.4, -0.2) is 24.5 Å². The Morgan fingerprint density at radius 3 is 2.59 bits per heavy atom. The fourth-order valence-electron chi connectivity index (χ4n) is 2.06. The van der Waals surface area contributed by atoms with Crippen LogP contribution in [0.4, 0.5) is 0 Å². The van der Waals surface area contributed by atoms with E-state index >= 15 is 0 Å². The van der Waals surface area contributed by atoms with Crippen molar-refractivity contribution in [3.05, 3.63) is 46.4 Å². The molecule has 0 aliphatic carbocycles. The van der Waals surface area contributed by atoms with E-state index in [-0.39, 0.29) is 5.41 Å². The van der Waals surface area contributed by atoms with Crippen molar-refractivity contribution in [2.24, 2.45) is 0 Å². The average Bonchev–Trinajstić information content (AvgIpc) is 2.84.